The van der Waals surface area contributed by atoms with Crippen molar-refractivity contribution in [3.8, 4) is 6.07 Å². The number of anilines is 4. The molecule has 0 bridgehead atoms. The number of amides is 3. The van der Waals surface area contributed by atoms with E-state index in [1.807, 2.05) is 50.8 Å². The molecule has 7 rings (SSSR count). The molecular weight excluding hydrogens is 844 g/mol. The van der Waals surface area contributed by atoms with Gasteiger partial charge in [0.2, 0.25) is 5.91 Å². The predicted octanol–water partition coefficient (Wildman–Crippen LogP) is 10.8. The highest BCUT2D eigenvalue weighted by molar-refractivity contribution is 7.81. The van der Waals surface area contributed by atoms with Crippen LogP contribution in [-0.2, 0) is 27.2 Å². The van der Waals surface area contributed by atoms with Gasteiger partial charge in [0, 0.05) is 41.6 Å². The summed E-state index contributed by atoms with van der Waals surface area (Å²) in [5, 5.41) is 12.1. The minimum Gasteiger partial charge on any atom is -0.359 e. The van der Waals surface area contributed by atoms with E-state index < -0.39 is 16.5 Å². The second kappa shape index (κ2) is 18.7. The summed E-state index contributed by atoms with van der Waals surface area (Å²) in [6, 6.07) is 25.6. The first-order valence-electron chi connectivity index (χ1n) is 21.2. The molecule has 328 valence electrons. The zero-order valence-corrected chi connectivity index (χ0v) is 38.8. The lowest BCUT2D eigenvalue weighted by Crippen LogP contribution is -2.55. The van der Waals surface area contributed by atoms with Crippen LogP contribution in [0.4, 0.5) is 38.5 Å². The highest BCUT2D eigenvalue weighted by Gasteiger charge is 2.59. The molecule has 14 heteroatoms. The number of unbranched alkanes of at least 4 members (excludes halogenated alkanes) is 1. The zero-order chi connectivity index (χ0) is 46.7. The number of hydrogen-bond donors (Lipinski definition) is 1. The fourth-order valence-electron chi connectivity index (χ4n) is 8.43. The number of thiocarbonyl (C=S) groups is 2. The maximum Gasteiger partial charge on any atom is 0.259 e. The molecule has 2 heterocycles. The molecular formula is C50H51FN8O3S2. The SMILES string of the molecule is [C-]#[N+]c1ccc(N2C(=O)C(C)(C)N(c3ccc(CCCC#N)c(F)c3)C2=S)cc1C.[C-]#[N+]c1ccc(N2C(=O)C3(CCC3)N(c3ccc(CCC(C)(C)C(=O)NC)cc3)C2=S)cc1C. The Balaban J connectivity index is 0.000000214. The van der Waals surface area contributed by atoms with Crippen molar-refractivity contribution in [1.29, 1.82) is 5.26 Å². The van der Waals surface area contributed by atoms with Crippen molar-refractivity contribution >= 4 is 86.5 Å². The third kappa shape index (κ3) is 8.71. The lowest BCUT2D eigenvalue weighted by Gasteiger charge is -2.43. The van der Waals surface area contributed by atoms with Crippen molar-refractivity contribution in [3.05, 3.63) is 130 Å². The van der Waals surface area contributed by atoms with E-state index in [1.54, 1.807) is 73.2 Å². The second-order valence-corrected chi connectivity index (χ2v) is 18.3. The average Bonchev–Trinajstić information content (AvgIpc) is 3.60. The zero-order valence-electron chi connectivity index (χ0n) is 37.2. The molecule has 2 aliphatic heterocycles. The summed E-state index contributed by atoms with van der Waals surface area (Å²) >= 11 is 11.5. The van der Waals surface area contributed by atoms with E-state index >= 15 is 0 Å². The van der Waals surface area contributed by atoms with Gasteiger partial charge in [-0.3, -0.25) is 24.2 Å². The number of rotatable bonds is 11. The Morgan fingerprint density at radius 1 is 0.812 bits per heavy atom. The van der Waals surface area contributed by atoms with Crippen LogP contribution in [0.1, 0.15) is 88.5 Å². The van der Waals surface area contributed by atoms with Gasteiger partial charge in [0.15, 0.2) is 21.6 Å². The fourth-order valence-corrected chi connectivity index (χ4v) is 9.42. The number of hydrogen-bond acceptors (Lipinski definition) is 6. The van der Waals surface area contributed by atoms with Gasteiger partial charge in [-0.2, -0.15) is 5.26 Å². The maximum absolute atomic E-state index is 14.7. The largest absolute Gasteiger partial charge is 0.359 e. The number of benzene rings is 4. The van der Waals surface area contributed by atoms with Crippen molar-refractivity contribution in [2.24, 2.45) is 5.41 Å². The Hall–Kier alpha value is -6.53. The summed E-state index contributed by atoms with van der Waals surface area (Å²) in [5.41, 5.74) is 4.97. The molecule has 1 spiro atoms. The first kappa shape index (κ1) is 47.0. The summed E-state index contributed by atoms with van der Waals surface area (Å²) < 4.78 is 14.7. The number of carbonyl (C=O) groups is 3. The van der Waals surface area contributed by atoms with Crippen LogP contribution in [-0.4, -0.2) is 46.1 Å². The van der Waals surface area contributed by atoms with Gasteiger partial charge in [0.05, 0.1) is 19.2 Å². The average molecular weight is 895 g/mol. The Kier molecular flexibility index (Phi) is 13.7. The molecule has 2 saturated heterocycles. The summed E-state index contributed by atoms with van der Waals surface area (Å²) in [5.74, 6) is -0.556. The van der Waals surface area contributed by atoms with E-state index in [4.69, 9.17) is 42.8 Å². The number of nitrogens with one attached hydrogen (secondary N) is 1. The minimum absolute atomic E-state index is 0.00937. The number of nitrogens with zero attached hydrogens (tertiary/aromatic N) is 7. The fraction of sp³-hybridized carbons (Fsp3) is 0.360. The molecule has 4 aromatic carbocycles. The summed E-state index contributed by atoms with van der Waals surface area (Å²) in [4.78, 5) is 52.7. The highest BCUT2D eigenvalue weighted by atomic mass is 32.1. The Morgan fingerprint density at radius 2 is 1.34 bits per heavy atom. The molecule has 0 unspecified atom stereocenters. The summed E-state index contributed by atoms with van der Waals surface area (Å²) in [7, 11) is 1.67. The van der Waals surface area contributed by atoms with Gasteiger partial charge in [-0.15, -0.1) is 0 Å². The van der Waals surface area contributed by atoms with Crippen LogP contribution in [0.5, 0.6) is 0 Å². The van der Waals surface area contributed by atoms with Crippen LogP contribution in [0.3, 0.4) is 0 Å². The number of carbonyl (C=O) groups excluding carboxylic acids is 3. The third-order valence-electron chi connectivity index (χ3n) is 12.5. The van der Waals surface area contributed by atoms with E-state index in [9.17, 15) is 18.8 Å². The smallest absolute Gasteiger partial charge is 0.259 e. The van der Waals surface area contributed by atoms with E-state index in [1.165, 1.54) is 11.0 Å². The van der Waals surface area contributed by atoms with Gasteiger partial charge in [0.25, 0.3) is 11.8 Å². The van der Waals surface area contributed by atoms with Crippen molar-refractivity contribution in [3.63, 3.8) is 0 Å². The van der Waals surface area contributed by atoms with E-state index in [2.05, 4.69) is 33.2 Å². The molecule has 3 amide bonds. The van der Waals surface area contributed by atoms with Crippen molar-refractivity contribution < 1.29 is 18.8 Å². The quantitative estimate of drug-likeness (QED) is 0.0901. The molecule has 1 N–H and O–H groups in total. The van der Waals surface area contributed by atoms with Crippen LogP contribution < -0.4 is 24.9 Å². The topological polar surface area (TPSA) is 109 Å². The van der Waals surface area contributed by atoms with Gasteiger partial charge in [0.1, 0.15) is 16.9 Å². The Morgan fingerprint density at radius 3 is 1.83 bits per heavy atom. The monoisotopic (exact) mass is 894 g/mol. The lowest BCUT2D eigenvalue weighted by molar-refractivity contribution is -0.129. The summed E-state index contributed by atoms with van der Waals surface area (Å²) in [6.45, 7) is 25.6. The molecule has 4 aromatic rings. The molecule has 3 aliphatic rings. The van der Waals surface area contributed by atoms with E-state index in [-0.39, 0.29) is 28.7 Å². The molecule has 0 atom stereocenters. The van der Waals surface area contributed by atoms with E-state index in [0.29, 0.717) is 58.4 Å². The summed E-state index contributed by atoms with van der Waals surface area (Å²) in [6.07, 6.45) is 5.49. The molecule has 0 aromatic heterocycles. The van der Waals surface area contributed by atoms with Crippen LogP contribution in [0.2, 0.25) is 0 Å². The normalized spacial score (nSPS) is 16.2. The first-order valence-corrected chi connectivity index (χ1v) is 22.0. The number of halogens is 1. The lowest BCUT2D eigenvalue weighted by atomic mass is 9.75. The number of nitriles is 1. The molecule has 3 fully saturated rings. The predicted molar refractivity (Wildman–Crippen MR) is 258 cm³/mol. The third-order valence-corrected chi connectivity index (χ3v) is 13.2. The van der Waals surface area contributed by atoms with Crippen LogP contribution >= 0.6 is 24.4 Å². The molecule has 1 aliphatic carbocycles. The minimum atomic E-state index is -1.00. The van der Waals surface area contributed by atoms with Crippen LogP contribution in [0.15, 0.2) is 78.9 Å². The maximum atomic E-state index is 14.7. The van der Waals surface area contributed by atoms with Crippen molar-refractivity contribution in [2.75, 3.05) is 26.6 Å². The van der Waals surface area contributed by atoms with Gasteiger partial charge in [-0.1, -0.05) is 44.2 Å². The second-order valence-electron chi connectivity index (χ2n) is 17.5. The van der Waals surface area contributed by atoms with Crippen LogP contribution in [0.25, 0.3) is 9.69 Å². The number of aryl methyl sites for hydroxylation is 4. The van der Waals surface area contributed by atoms with Crippen molar-refractivity contribution in [1.82, 2.24) is 5.32 Å². The van der Waals surface area contributed by atoms with Gasteiger partial charge in [-0.25, -0.2) is 14.1 Å². The van der Waals surface area contributed by atoms with Gasteiger partial charge >= 0.3 is 0 Å². The van der Waals surface area contributed by atoms with Gasteiger partial charge in [-0.05, 0) is 168 Å². The Labute approximate surface area is 386 Å². The van der Waals surface area contributed by atoms with Crippen LogP contribution in [0, 0.1) is 49.6 Å². The highest BCUT2D eigenvalue weighted by Crippen LogP contribution is 2.48. The molecule has 0 radical (unpaired) electrons. The van der Waals surface area contributed by atoms with Crippen molar-refractivity contribution in [2.45, 2.75) is 104 Å². The Bertz CT molecular complexity index is 2670. The first-order chi connectivity index (χ1) is 30.4. The molecule has 11 nitrogen and oxygen atoms in total. The van der Waals surface area contributed by atoms with E-state index in [0.717, 1.165) is 54.5 Å². The molecule has 64 heavy (non-hydrogen) atoms. The van der Waals surface area contributed by atoms with Gasteiger partial charge < -0.3 is 15.1 Å². The standard InChI is InChI=1S/C27H30N4O2S.C23H21FN4OS/c1-18-17-21(11-12-22(18)28-4)30-24(33)27(14-6-15-27)31(25(30)34)20-9-7-19(8-10-20)13-16-26(2,3)23(32)29-5;1-15-13-17(10-11-20(15)26-4)27-21(29)23(2,3)28(22(27)30)18-9-8-16(19(24)14-18)7-5-6-12-25/h7-12,17H,6,13-16H2,1-3,5H3,(H,29,32);8-11,13-14H,5-7H2,1-3H3. The molecule has 1 saturated carbocycles.